The highest BCUT2D eigenvalue weighted by atomic mass is 35.5. The molecule has 3 aromatic rings. The Balaban J connectivity index is 1.68. The molecule has 1 aromatic heterocycles. The van der Waals surface area contributed by atoms with Crippen molar-refractivity contribution in [3.8, 4) is 11.5 Å². The van der Waals surface area contributed by atoms with Crippen molar-refractivity contribution in [2.45, 2.75) is 26.6 Å². The van der Waals surface area contributed by atoms with Crippen LogP contribution in [0.1, 0.15) is 23.8 Å². The van der Waals surface area contributed by atoms with Crippen molar-refractivity contribution in [3.05, 3.63) is 82.8 Å². The molecule has 0 aliphatic carbocycles. The first-order valence-corrected chi connectivity index (χ1v) is 8.99. The fourth-order valence-corrected chi connectivity index (χ4v) is 2.89. The second-order valence-electron chi connectivity index (χ2n) is 5.80. The zero-order chi connectivity index (χ0) is 18.2. The first-order valence-electron chi connectivity index (χ1n) is 8.61. The lowest BCUT2D eigenvalue weighted by atomic mass is 10.2. The van der Waals surface area contributed by atoms with E-state index in [9.17, 15) is 0 Å². The van der Waals surface area contributed by atoms with Crippen LogP contribution in [-0.4, -0.2) is 6.61 Å². The molecule has 0 saturated heterocycles. The van der Waals surface area contributed by atoms with Crippen molar-refractivity contribution in [2.24, 2.45) is 0 Å². The van der Waals surface area contributed by atoms with Gasteiger partial charge in [-0.3, -0.25) is 0 Å². The number of benzene rings is 2. The smallest absolute Gasteiger partial charge is 0.180 e. The van der Waals surface area contributed by atoms with Gasteiger partial charge in [0.25, 0.3) is 0 Å². The van der Waals surface area contributed by atoms with E-state index in [0.717, 1.165) is 16.9 Å². The molecule has 0 spiro atoms. The molecule has 1 N–H and O–H groups in total. The number of hydrogen-bond acceptors (Lipinski definition) is 4. The maximum atomic E-state index is 6.46. The highest BCUT2D eigenvalue weighted by Gasteiger charge is 2.13. The van der Waals surface area contributed by atoms with Crippen molar-refractivity contribution < 1.29 is 13.9 Å². The van der Waals surface area contributed by atoms with Crippen LogP contribution in [0.3, 0.4) is 0 Å². The summed E-state index contributed by atoms with van der Waals surface area (Å²) in [6.07, 6.45) is 1.67. The van der Waals surface area contributed by atoms with Crippen LogP contribution in [0, 0.1) is 0 Å². The summed E-state index contributed by atoms with van der Waals surface area (Å²) in [7, 11) is 0. The predicted octanol–water partition coefficient (Wildman–Crippen LogP) is 5.20. The van der Waals surface area contributed by atoms with Crippen LogP contribution in [-0.2, 0) is 19.7 Å². The maximum Gasteiger partial charge on any atom is 0.180 e. The second-order valence-corrected chi connectivity index (χ2v) is 6.20. The molecule has 0 saturated carbocycles. The molecule has 5 heteroatoms. The Labute approximate surface area is 158 Å². The Morgan fingerprint density at radius 1 is 0.962 bits per heavy atom. The summed E-state index contributed by atoms with van der Waals surface area (Å²) in [5.41, 5.74) is 2.10. The number of hydrogen-bond donors (Lipinski definition) is 1. The van der Waals surface area contributed by atoms with Gasteiger partial charge in [0.15, 0.2) is 11.5 Å². The molecule has 1 heterocycles. The second kappa shape index (κ2) is 9.32. The molecule has 2 aromatic carbocycles. The van der Waals surface area contributed by atoms with Gasteiger partial charge in [0.1, 0.15) is 12.4 Å². The average Bonchev–Trinajstić information content (AvgIpc) is 3.16. The predicted molar refractivity (Wildman–Crippen MR) is 103 cm³/mol. The van der Waals surface area contributed by atoms with Gasteiger partial charge in [0.2, 0.25) is 0 Å². The first-order chi connectivity index (χ1) is 12.8. The number of furan rings is 1. The standard InChI is InChI=1S/C21H22ClNO3/c1-2-24-20-12-17(13-23-14-18-9-6-10-25-18)11-19(22)21(20)26-15-16-7-4-3-5-8-16/h3-12,23H,2,13-15H2,1H3. The van der Waals surface area contributed by atoms with Crippen molar-refractivity contribution in [3.63, 3.8) is 0 Å². The molecule has 0 bridgehead atoms. The van der Waals surface area contributed by atoms with Crippen LogP contribution >= 0.6 is 11.6 Å². The molecular weight excluding hydrogens is 350 g/mol. The van der Waals surface area contributed by atoms with Crippen LogP contribution in [0.25, 0.3) is 0 Å². The van der Waals surface area contributed by atoms with E-state index in [1.165, 1.54) is 0 Å². The lowest BCUT2D eigenvalue weighted by molar-refractivity contribution is 0.269. The monoisotopic (exact) mass is 371 g/mol. The van der Waals surface area contributed by atoms with Gasteiger partial charge in [-0.15, -0.1) is 0 Å². The summed E-state index contributed by atoms with van der Waals surface area (Å²) < 4.78 is 17.0. The fourth-order valence-electron chi connectivity index (χ4n) is 2.60. The molecule has 0 atom stereocenters. The SMILES string of the molecule is CCOc1cc(CNCc2ccco2)cc(Cl)c1OCc1ccccc1. The highest BCUT2D eigenvalue weighted by molar-refractivity contribution is 6.32. The minimum absolute atomic E-state index is 0.441. The summed E-state index contributed by atoms with van der Waals surface area (Å²) in [6.45, 7) is 4.23. The zero-order valence-corrected chi connectivity index (χ0v) is 15.5. The van der Waals surface area contributed by atoms with Gasteiger partial charge in [-0.25, -0.2) is 0 Å². The van der Waals surface area contributed by atoms with Crippen LogP contribution in [0.4, 0.5) is 0 Å². The molecule has 0 unspecified atom stereocenters. The van der Waals surface area contributed by atoms with Crippen LogP contribution in [0.2, 0.25) is 5.02 Å². The number of nitrogens with one attached hydrogen (secondary N) is 1. The Hall–Kier alpha value is -2.43. The molecule has 26 heavy (non-hydrogen) atoms. The molecule has 136 valence electrons. The van der Waals surface area contributed by atoms with E-state index in [0.29, 0.717) is 42.8 Å². The van der Waals surface area contributed by atoms with Gasteiger partial charge < -0.3 is 19.2 Å². The molecule has 0 aliphatic heterocycles. The largest absolute Gasteiger partial charge is 0.490 e. The van der Waals surface area contributed by atoms with Gasteiger partial charge in [-0.2, -0.15) is 0 Å². The van der Waals surface area contributed by atoms with Crippen molar-refractivity contribution in [1.82, 2.24) is 5.32 Å². The van der Waals surface area contributed by atoms with E-state index in [2.05, 4.69) is 5.32 Å². The van der Waals surface area contributed by atoms with Gasteiger partial charge in [-0.1, -0.05) is 41.9 Å². The van der Waals surface area contributed by atoms with Crippen LogP contribution in [0.5, 0.6) is 11.5 Å². The Kier molecular flexibility index (Phi) is 6.58. The van der Waals surface area contributed by atoms with E-state index in [4.69, 9.17) is 25.5 Å². The minimum Gasteiger partial charge on any atom is -0.490 e. The van der Waals surface area contributed by atoms with E-state index >= 15 is 0 Å². The molecule has 0 fully saturated rings. The summed E-state index contributed by atoms with van der Waals surface area (Å²) in [4.78, 5) is 0. The third-order valence-corrected chi connectivity index (χ3v) is 4.08. The fraction of sp³-hybridized carbons (Fsp3) is 0.238. The average molecular weight is 372 g/mol. The van der Waals surface area contributed by atoms with E-state index in [1.807, 2.05) is 61.5 Å². The third kappa shape index (κ3) is 5.04. The van der Waals surface area contributed by atoms with Crippen molar-refractivity contribution in [2.75, 3.05) is 6.61 Å². The maximum absolute atomic E-state index is 6.46. The summed E-state index contributed by atoms with van der Waals surface area (Å²) in [6, 6.07) is 17.7. The molecule has 0 radical (unpaired) electrons. The summed E-state index contributed by atoms with van der Waals surface area (Å²) in [5.74, 6) is 2.13. The lowest BCUT2D eigenvalue weighted by Crippen LogP contribution is -2.12. The number of halogens is 1. The first kappa shape index (κ1) is 18.4. The molecule has 0 aliphatic rings. The van der Waals surface area contributed by atoms with Gasteiger partial charge in [0, 0.05) is 6.54 Å². The van der Waals surface area contributed by atoms with E-state index in [-0.39, 0.29) is 0 Å². The van der Waals surface area contributed by atoms with Gasteiger partial charge in [0.05, 0.1) is 24.4 Å². The van der Waals surface area contributed by atoms with Crippen molar-refractivity contribution in [1.29, 1.82) is 0 Å². The Morgan fingerprint density at radius 2 is 1.81 bits per heavy atom. The van der Waals surface area contributed by atoms with Gasteiger partial charge in [-0.05, 0) is 42.3 Å². The lowest BCUT2D eigenvalue weighted by Gasteiger charge is -2.15. The molecule has 3 rings (SSSR count). The number of ether oxygens (including phenoxy) is 2. The molecule has 4 nitrogen and oxygen atoms in total. The minimum atomic E-state index is 0.441. The van der Waals surface area contributed by atoms with Crippen molar-refractivity contribution >= 4 is 11.6 Å². The van der Waals surface area contributed by atoms with Crippen LogP contribution in [0.15, 0.2) is 65.3 Å². The zero-order valence-electron chi connectivity index (χ0n) is 14.7. The quantitative estimate of drug-likeness (QED) is 0.561. The number of rotatable bonds is 9. The molecular formula is C21H22ClNO3. The topological polar surface area (TPSA) is 43.6 Å². The summed E-state index contributed by atoms with van der Waals surface area (Å²) >= 11 is 6.46. The van der Waals surface area contributed by atoms with E-state index in [1.54, 1.807) is 6.26 Å². The third-order valence-electron chi connectivity index (χ3n) is 3.80. The molecule has 0 amide bonds. The highest BCUT2D eigenvalue weighted by Crippen LogP contribution is 2.37. The Morgan fingerprint density at radius 3 is 2.54 bits per heavy atom. The normalized spacial score (nSPS) is 10.7. The Bertz CT molecular complexity index is 804. The van der Waals surface area contributed by atoms with E-state index < -0.39 is 0 Å². The van der Waals surface area contributed by atoms with Gasteiger partial charge >= 0.3 is 0 Å². The van der Waals surface area contributed by atoms with Crippen LogP contribution < -0.4 is 14.8 Å². The summed E-state index contributed by atoms with van der Waals surface area (Å²) in [5, 5.41) is 3.87.